The Morgan fingerprint density at radius 2 is 1.84 bits per heavy atom. The number of amides is 1. The SMILES string of the molecule is CC1(C)CC(=O)C(C(=O)NC2CCCCC2)=C(O)C1. The Balaban J connectivity index is 2.07. The van der Waals surface area contributed by atoms with Crippen LogP contribution in [0.3, 0.4) is 0 Å². The average Bonchev–Trinajstić information content (AvgIpc) is 2.27. The second-order valence-corrected chi connectivity index (χ2v) is 6.57. The maximum atomic E-state index is 12.1. The third-order valence-electron chi connectivity index (χ3n) is 4.02. The second kappa shape index (κ2) is 5.35. The zero-order valence-corrected chi connectivity index (χ0v) is 11.8. The summed E-state index contributed by atoms with van der Waals surface area (Å²) in [4.78, 5) is 24.2. The van der Waals surface area contributed by atoms with Crippen LogP contribution >= 0.6 is 0 Å². The summed E-state index contributed by atoms with van der Waals surface area (Å²) in [6, 6.07) is 0.157. The van der Waals surface area contributed by atoms with Crippen molar-refractivity contribution in [1.82, 2.24) is 5.32 Å². The van der Waals surface area contributed by atoms with E-state index in [-0.39, 0.29) is 34.5 Å². The minimum absolute atomic E-state index is 0.00935. The molecular weight excluding hydrogens is 242 g/mol. The molecule has 0 aromatic heterocycles. The van der Waals surface area contributed by atoms with Gasteiger partial charge in [0.15, 0.2) is 5.78 Å². The minimum Gasteiger partial charge on any atom is -0.511 e. The van der Waals surface area contributed by atoms with E-state index in [1.165, 1.54) is 6.42 Å². The van der Waals surface area contributed by atoms with Crippen LogP contribution in [0.15, 0.2) is 11.3 Å². The van der Waals surface area contributed by atoms with E-state index >= 15 is 0 Å². The summed E-state index contributed by atoms with van der Waals surface area (Å²) in [6.45, 7) is 3.86. The van der Waals surface area contributed by atoms with Gasteiger partial charge in [-0.25, -0.2) is 0 Å². The van der Waals surface area contributed by atoms with Crippen molar-refractivity contribution in [1.29, 1.82) is 0 Å². The maximum Gasteiger partial charge on any atom is 0.258 e. The van der Waals surface area contributed by atoms with Gasteiger partial charge in [0.1, 0.15) is 11.3 Å². The molecule has 0 aliphatic heterocycles. The highest BCUT2D eigenvalue weighted by Gasteiger charge is 2.36. The van der Waals surface area contributed by atoms with Crippen LogP contribution in [0.25, 0.3) is 0 Å². The van der Waals surface area contributed by atoms with Crippen molar-refractivity contribution in [3.8, 4) is 0 Å². The van der Waals surface area contributed by atoms with Crippen LogP contribution in [0.5, 0.6) is 0 Å². The number of ketones is 1. The highest BCUT2D eigenvalue weighted by Crippen LogP contribution is 2.35. The summed E-state index contributed by atoms with van der Waals surface area (Å²) in [7, 11) is 0. The molecule has 19 heavy (non-hydrogen) atoms. The van der Waals surface area contributed by atoms with Gasteiger partial charge in [-0.1, -0.05) is 33.1 Å². The monoisotopic (exact) mass is 265 g/mol. The first-order chi connectivity index (χ1) is 8.89. The molecule has 0 radical (unpaired) electrons. The Bertz CT molecular complexity index is 417. The fourth-order valence-electron chi connectivity index (χ4n) is 3.05. The molecule has 2 aliphatic rings. The Labute approximate surface area is 114 Å². The van der Waals surface area contributed by atoms with Gasteiger partial charge in [-0.3, -0.25) is 9.59 Å². The minimum atomic E-state index is -0.384. The van der Waals surface area contributed by atoms with E-state index in [1.54, 1.807) is 0 Å². The molecule has 0 unspecified atom stereocenters. The molecule has 0 bridgehead atoms. The molecule has 4 nitrogen and oxygen atoms in total. The lowest BCUT2D eigenvalue weighted by Gasteiger charge is -2.30. The number of carbonyl (C=O) groups excluding carboxylic acids is 2. The van der Waals surface area contributed by atoms with Gasteiger partial charge in [-0.15, -0.1) is 0 Å². The quantitative estimate of drug-likeness (QED) is 0.754. The number of rotatable bonds is 2. The van der Waals surface area contributed by atoms with Gasteiger partial charge in [0.25, 0.3) is 5.91 Å². The lowest BCUT2D eigenvalue weighted by atomic mass is 9.76. The number of hydrogen-bond donors (Lipinski definition) is 2. The normalized spacial score (nSPS) is 24.4. The molecule has 4 heteroatoms. The standard InChI is InChI=1S/C15H23NO3/c1-15(2)8-11(17)13(12(18)9-15)14(19)16-10-6-4-3-5-7-10/h10,17H,3-9H2,1-2H3,(H,16,19). The molecule has 0 aromatic carbocycles. The third-order valence-corrected chi connectivity index (χ3v) is 4.02. The molecule has 0 atom stereocenters. The molecule has 2 N–H and O–H groups in total. The summed E-state index contributed by atoms with van der Waals surface area (Å²) in [5, 5.41) is 12.9. The molecule has 2 rings (SSSR count). The number of aliphatic hydroxyl groups excluding tert-OH is 1. The van der Waals surface area contributed by atoms with Crippen LogP contribution in [-0.4, -0.2) is 22.8 Å². The van der Waals surface area contributed by atoms with Crippen LogP contribution in [0, 0.1) is 5.41 Å². The number of allylic oxidation sites excluding steroid dienone is 1. The largest absolute Gasteiger partial charge is 0.511 e. The molecular formula is C15H23NO3. The van der Waals surface area contributed by atoms with Gasteiger partial charge < -0.3 is 10.4 Å². The van der Waals surface area contributed by atoms with Gasteiger partial charge in [-0.2, -0.15) is 0 Å². The van der Waals surface area contributed by atoms with Crippen LogP contribution in [0.2, 0.25) is 0 Å². The van der Waals surface area contributed by atoms with Crippen molar-refractivity contribution in [2.75, 3.05) is 0 Å². The molecule has 0 spiro atoms. The topological polar surface area (TPSA) is 66.4 Å². The molecule has 0 aromatic rings. The number of Topliss-reactive ketones (excluding diaryl/α,β-unsaturated/α-hetero) is 1. The molecule has 1 amide bonds. The van der Waals surface area contributed by atoms with Gasteiger partial charge in [0, 0.05) is 18.9 Å². The van der Waals surface area contributed by atoms with E-state index in [0.717, 1.165) is 25.7 Å². The van der Waals surface area contributed by atoms with Crippen molar-refractivity contribution in [2.24, 2.45) is 5.41 Å². The van der Waals surface area contributed by atoms with Crippen molar-refractivity contribution < 1.29 is 14.7 Å². The predicted molar refractivity (Wildman–Crippen MR) is 72.7 cm³/mol. The molecule has 1 saturated carbocycles. The van der Waals surface area contributed by atoms with E-state index in [0.29, 0.717) is 12.8 Å². The molecule has 2 aliphatic carbocycles. The van der Waals surface area contributed by atoms with Crippen molar-refractivity contribution >= 4 is 11.7 Å². The van der Waals surface area contributed by atoms with Crippen molar-refractivity contribution in [2.45, 2.75) is 64.8 Å². The number of nitrogens with one attached hydrogen (secondary N) is 1. The first-order valence-corrected chi connectivity index (χ1v) is 7.15. The summed E-state index contributed by atoms with van der Waals surface area (Å²) >= 11 is 0. The van der Waals surface area contributed by atoms with E-state index < -0.39 is 0 Å². The van der Waals surface area contributed by atoms with Crippen LogP contribution < -0.4 is 5.32 Å². The predicted octanol–water partition coefficient (Wildman–Crippen LogP) is 2.64. The first-order valence-electron chi connectivity index (χ1n) is 7.15. The lowest BCUT2D eigenvalue weighted by molar-refractivity contribution is -0.125. The zero-order chi connectivity index (χ0) is 14.0. The summed E-state index contributed by atoms with van der Waals surface area (Å²) in [5.74, 6) is -0.665. The highest BCUT2D eigenvalue weighted by atomic mass is 16.3. The lowest BCUT2D eigenvalue weighted by Crippen LogP contribution is -2.41. The molecule has 106 valence electrons. The van der Waals surface area contributed by atoms with E-state index in [2.05, 4.69) is 5.32 Å². The van der Waals surface area contributed by atoms with E-state index in [4.69, 9.17) is 0 Å². The summed E-state index contributed by atoms with van der Waals surface area (Å²) in [5.41, 5.74) is -0.264. The van der Waals surface area contributed by atoms with Gasteiger partial charge in [-0.05, 0) is 18.3 Å². The highest BCUT2D eigenvalue weighted by molar-refractivity contribution is 6.20. The Morgan fingerprint density at radius 3 is 2.42 bits per heavy atom. The molecule has 0 heterocycles. The first kappa shape index (κ1) is 14.1. The second-order valence-electron chi connectivity index (χ2n) is 6.57. The third kappa shape index (κ3) is 3.37. The maximum absolute atomic E-state index is 12.1. The summed E-state index contributed by atoms with van der Waals surface area (Å²) < 4.78 is 0. The summed E-state index contributed by atoms with van der Waals surface area (Å²) in [6.07, 6.45) is 6.12. The Hall–Kier alpha value is -1.32. The van der Waals surface area contributed by atoms with Gasteiger partial charge >= 0.3 is 0 Å². The number of aliphatic hydroxyl groups is 1. The van der Waals surface area contributed by atoms with E-state index in [9.17, 15) is 14.7 Å². The van der Waals surface area contributed by atoms with Crippen molar-refractivity contribution in [3.05, 3.63) is 11.3 Å². The number of carbonyl (C=O) groups is 2. The van der Waals surface area contributed by atoms with Crippen molar-refractivity contribution in [3.63, 3.8) is 0 Å². The fourth-order valence-corrected chi connectivity index (χ4v) is 3.05. The van der Waals surface area contributed by atoms with Crippen LogP contribution in [0.1, 0.15) is 58.8 Å². The smallest absolute Gasteiger partial charge is 0.258 e. The Morgan fingerprint density at radius 1 is 1.21 bits per heavy atom. The van der Waals surface area contributed by atoms with Crippen LogP contribution in [0.4, 0.5) is 0 Å². The Kier molecular flexibility index (Phi) is 3.97. The molecule has 0 saturated heterocycles. The zero-order valence-electron chi connectivity index (χ0n) is 11.8. The van der Waals surface area contributed by atoms with Gasteiger partial charge in [0.05, 0.1) is 0 Å². The molecule has 1 fully saturated rings. The average molecular weight is 265 g/mol. The van der Waals surface area contributed by atoms with Crippen LogP contribution in [-0.2, 0) is 9.59 Å². The fraction of sp³-hybridized carbons (Fsp3) is 0.733. The van der Waals surface area contributed by atoms with Gasteiger partial charge in [0.2, 0.25) is 0 Å². The van der Waals surface area contributed by atoms with E-state index in [1.807, 2.05) is 13.8 Å². The number of hydrogen-bond acceptors (Lipinski definition) is 3.